The molecule has 0 saturated carbocycles. The van der Waals surface area contributed by atoms with Crippen molar-refractivity contribution in [2.24, 2.45) is 0 Å². The zero-order chi connectivity index (χ0) is 14.7. The number of carbonyl (C=O) groups excluding carboxylic acids is 2. The first kappa shape index (κ1) is 14.3. The van der Waals surface area contributed by atoms with Crippen LogP contribution in [0.2, 0.25) is 0 Å². The second kappa shape index (κ2) is 5.90. The predicted molar refractivity (Wildman–Crippen MR) is 74.0 cm³/mol. The normalized spacial score (nSPS) is 19.2. The Hall–Kier alpha value is -2.11. The van der Waals surface area contributed by atoms with Gasteiger partial charge >= 0.3 is 6.03 Å². The van der Waals surface area contributed by atoms with Crippen LogP contribution in [0.3, 0.4) is 0 Å². The number of hydrogen-bond acceptors (Lipinski definition) is 2. The summed E-state index contributed by atoms with van der Waals surface area (Å²) in [6, 6.07) is 3.83. The van der Waals surface area contributed by atoms with Crippen LogP contribution in [0.5, 0.6) is 0 Å². The molecular formula is C14H18FN3O2. The standard InChI is InChI=1S/C14H18FN3O2/c1-9-3-4-11(15)7-12(9)17-14(20)18-6-5-13(19)16-8-10(18)2/h3-4,7,10H,5-6,8H2,1-2H3,(H,16,19)(H,17,20)/t10-/m1/s1. The number of rotatable bonds is 1. The zero-order valence-electron chi connectivity index (χ0n) is 11.6. The number of benzene rings is 1. The molecule has 3 amide bonds. The van der Waals surface area contributed by atoms with Crippen LogP contribution in [0.25, 0.3) is 0 Å². The van der Waals surface area contributed by atoms with Crippen molar-refractivity contribution >= 4 is 17.6 Å². The molecule has 1 fully saturated rings. The molecule has 6 heteroatoms. The molecule has 20 heavy (non-hydrogen) atoms. The summed E-state index contributed by atoms with van der Waals surface area (Å²) in [5.74, 6) is -0.458. The Morgan fingerprint density at radius 2 is 2.25 bits per heavy atom. The van der Waals surface area contributed by atoms with E-state index in [4.69, 9.17) is 0 Å². The minimum atomic E-state index is -0.397. The second-order valence-electron chi connectivity index (χ2n) is 4.99. The minimum absolute atomic E-state index is 0.0610. The van der Waals surface area contributed by atoms with Crippen LogP contribution >= 0.6 is 0 Å². The van der Waals surface area contributed by atoms with E-state index in [1.165, 1.54) is 12.1 Å². The molecular weight excluding hydrogens is 261 g/mol. The summed E-state index contributed by atoms with van der Waals surface area (Å²) in [5, 5.41) is 5.44. The van der Waals surface area contributed by atoms with E-state index < -0.39 is 5.82 Å². The maximum Gasteiger partial charge on any atom is 0.322 e. The molecule has 0 bridgehead atoms. The molecule has 1 aromatic carbocycles. The predicted octanol–water partition coefficient (Wildman–Crippen LogP) is 1.88. The van der Waals surface area contributed by atoms with Gasteiger partial charge in [0, 0.05) is 31.2 Å². The quantitative estimate of drug-likeness (QED) is 0.824. The lowest BCUT2D eigenvalue weighted by atomic mass is 10.2. The molecule has 0 aliphatic carbocycles. The number of hydrogen-bond donors (Lipinski definition) is 2. The van der Waals surface area contributed by atoms with E-state index in [1.54, 1.807) is 17.9 Å². The number of amides is 3. The molecule has 108 valence electrons. The van der Waals surface area contributed by atoms with Crippen LogP contribution in [0, 0.1) is 12.7 Å². The Morgan fingerprint density at radius 1 is 1.50 bits per heavy atom. The fourth-order valence-electron chi connectivity index (χ4n) is 2.12. The van der Waals surface area contributed by atoms with Gasteiger partial charge in [-0.1, -0.05) is 6.07 Å². The molecule has 5 nitrogen and oxygen atoms in total. The van der Waals surface area contributed by atoms with E-state index >= 15 is 0 Å². The van der Waals surface area contributed by atoms with Crippen LogP contribution < -0.4 is 10.6 Å². The lowest BCUT2D eigenvalue weighted by Gasteiger charge is -2.27. The minimum Gasteiger partial charge on any atom is -0.354 e. The topological polar surface area (TPSA) is 61.4 Å². The maximum absolute atomic E-state index is 13.2. The van der Waals surface area contributed by atoms with Crippen molar-refractivity contribution in [3.63, 3.8) is 0 Å². The Morgan fingerprint density at radius 3 is 3.00 bits per heavy atom. The van der Waals surface area contributed by atoms with Crippen LogP contribution in [-0.4, -0.2) is 36.0 Å². The first-order valence-electron chi connectivity index (χ1n) is 6.58. The number of urea groups is 1. The van der Waals surface area contributed by atoms with Gasteiger partial charge in [0.2, 0.25) is 5.91 Å². The van der Waals surface area contributed by atoms with Gasteiger partial charge in [-0.2, -0.15) is 0 Å². The summed E-state index contributed by atoms with van der Waals surface area (Å²) in [5.41, 5.74) is 1.24. The number of nitrogens with zero attached hydrogens (tertiary/aromatic N) is 1. The van der Waals surface area contributed by atoms with Crippen LogP contribution in [0.4, 0.5) is 14.9 Å². The van der Waals surface area contributed by atoms with E-state index in [0.717, 1.165) is 5.56 Å². The molecule has 1 atom stereocenters. The molecule has 2 N–H and O–H groups in total. The highest BCUT2D eigenvalue weighted by Crippen LogP contribution is 2.17. The smallest absolute Gasteiger partial charge is 0.322 e. The monoisotopic (exact) mass is 279 g/mol. The molecule has 0 spiro atoms. The highest BCUT2D eigenvalue weighted by Gasteiger charge is 2.24. The summed E-state index contributed by atoms with van der Waals surface area (Å²) < 4.78 is 13.2. The fraction of sp³-hybridized carbons (Fsp3) is 0.429. The molecule has 0 aromatic heterocycles. The van der Waals surface area contributed by atoms with Crippen molar-refractivity contribution in [3.8, 4) is 0 Å². The Balaban J connectivity index is 2.10. The maximum atomic E-state index is 13.2. The van der Waals surface area contributed by atoms with Gasteiger partial charge in [-0.3, -0.25) is 4.79 Å². The van der Waals surface area contributed by atoms with Gasteiger partial charge in [0.25, 0.3) is 0 Å². The summed E-state index contributed by atoms with van der Waals surface area (Å²) in [4.78, 5) is 25.2. The van der Waals surface area contributed by atoms with Crippen molar-refractivity contribution < 1.29 is 14.0 Å². The van der Waals surface area contributed by atoms with E-state index in [0.29, 0.717) is 18.8 Å². The van der Waals surface area contributed by atoms with Crippen molar-refractivity contribution in [2.45, 2.75) is 26.3 Å². The van der Waals surface area contributed by atoms with Gasteiger partial charge in [0.05, 0.1) is 0 Å². The van der Waals surface area contributed by atoms with E-state index in [2.05, 4.69) is 10.6 Å². The van der Waals surface area contributed by atoms with Crippen molar-refractivity contribution in [1.82, 2.24) is 10.2 Å². The number of anilines is 1. The lowest BCUT2D eigenvalue weighted by Crippen LogP contribution is -2.44. The van der Waals surface area contributed by atoms with E-state index in [1.807, 2.05) is 6.92 Å². The molecule has 0 unspecified atom stereocenters. The van der Waals surface area contributed by atoms with Gasteiger partial charge < -0.3 is 15.5 Å². The van der Waals surface area contributed by atoms with Gasteiger partial charge in [-0.05, 0) is 31.5 Å². The molecule has 0 radical (unpaired) electrons. The summed E-state index contributed by atoms with van der Waals surface area (Å²) in [6.07, 6.45) is 0.278. The third-order valence-corrected chi connectivity index (χ3v) is 3.41. The molecule has 2 rings (SSSR count). The van der Waals surface area contributed by atoms with Crippen molar-refractivity contribution in [3.05, 3.63) is 29.6 Å². The van der Waals surface area contributed by atoms with Crippen LogP contribution in [-0.2, 0) is 4.79 Å². The van der Waals surface area contributed by atoms with E-state index in [9.17, 15) is 14.0 Å². The van der Waals surface area contributed by atoms with Crippen LogP contribution in [0.1, 0.15) is 18.9 Å². The Kier molecular flexibility index (Phi) is 4.22. The fourth-order valence-corrected chi connectivity index (χ4v) is 2.12. The Labute approximate surface area is 117 Å². The molecule has 1 aromatic rings. The first-order chi connectivity index (χ1) is 9.47. The number of nitrogens with one attached hydrogen (secondary N) is 2. The number of carbonyl (C=O) groups is 2. The summed E-state index contributed by atoms with van der Waals surface area (Å²) in [6.45, 7) is 4.44. The zero-order valence-corrected chi connectivity index (χ0v) is 11.6. The van der Waals surface area contributed by atoms with Gasteiger partial charge in [0.15, 0.2) is 0 Å². The van der Waals surface area contributed by atoms with Crippen molar-refractivity contribution in [1.29, 1.82) is 0 Å². The SMILES string of the molecule is Cc1ccc(F)cc1NC(=O)N1CCC(=O)NC[C@H]1C. The van der Waals surface area contributed by atoms with Crippen LogP contribution in [0.15, 0.2) is 18.2 Å². The van der Waals surface area contributed by atoms with Gasteiger partial charge in [0.1, 0.15) is 5.82 Å². The highest BCUT2D eigenvalue weighted by molar-refractivity contribution is 5.91. The van der Waals surface area contributed by atoms with Gasteiger partial charge in [-0.25, -0.2) is 9.18 Å². The van der Waals surface area contributed by atoms with Crippen molar-refractivity contribution in [2.75, 3.05) is 18.4 Å². The molecule has 1 heterocycles. The third-order valence-electron chi connectivity index (χ3n) is 3.41. The largest absolute Gasteiger partial charge is 0.354 e. The average Bonchev–Trinajstić information content (AvgIpc) is 2.56. The molecule has 1 aliphatic heterocycles. The summed E-state index contributed by atoms with van der Waals surface area (Å²) >= 11 is 0. The third kappa shape index (κ3) is 3.26. The highest BCUT2D eigenvalue weighted by atomic mass is 19.1. The van der Waals surface area contributed by atoms with E-state index in [-0.39, 0.29) is 24.4 Å². The Bertz CT molecular complexity index is 533. The summed E-state index contributed by atoms with van der Waals surface area (Å²) in [7, 11) is 0. The molecule has 1 saturated heterocycles. The molecule has 1 aliphatic rings. The first-order valence-corrected chi connectivity index (χ1v) is 6.58. The lowest BCUT2D eigenvalue weighted by molar-refractivity contribution is -0.120. The second-order valence-corrected chi connectivity index (χ2v) is 4.99. The van der Waals surface area contributed by atoms with Gasteiger partial charge in [-0.15, -0.1) is 0 Å². The number of aryl methyl sites for hydroxylation is 1. The average molecular weight is 279 g/mol. The number of halogens is 1.